The Bertz CT molecular complexity index is 809. The van der Waals surface area contributed by atoms with Gasteiger partial charge in [-0.3, -0.25) is 9.59 Å². The number of likely N-dealkylation sites (tertiary alicyclic amines) is 1. The minimum Gasteiger partial charge on any atom is -0.338 e. The number of fused-ring (bicyclic) bond motifs is 2. The Morgan fingerprint density at radius 2 is 1.83 bits per heavy atom. The fourth-order valence-corrected chi connectivity index (χ4v) is 4.57. The van der Waals surface area contributed by atoms with Crippen molar-refractivity contribution in [2.45, 2.75) is 51.1 Å². The van der Waals surface area contributed by atoms with Crippen LogP contribution in [0.2, 0.25) is 0 Å². The molecule has 1 aliphatic carbocycles. The van der Waals surface area contributed by atoms with Crippen molar-refractivity contribution in [3.8, 4) is 0 Å². The molecule has 2 heterocycles. The van der Waals surface area contributed by atoms with E-state index >= 15 is 0 Å². The monoisotopic (exact) mass is 324 g/mol. The van der Waals surface area contributed by atoms with Crippen molar-refractivity contribution in [1.29, 1.82) is 0 Å². The molecule has 2 fully saturated rings. The summed E-state index contributed by atoms with van der Waals surface area (Å²) in [6.45, 7) is 1.21. The molecule has 1 saturated carbocycles. The van der Waals surface area contributed by atoms with Gasteiger partial charge in [0, 0.05) is 30.2 Å². The zero-order valence-electron chi connectivity index (χ0n) is 14.0. The predicted octanol–water partition coefficient (Wildman–Crippen LogP) is 3.18. The molecular weight excluding hydrogens is 300 g/mol. The standard InChI is InChI=1S/C20H24N2O2/c23-19-11-13-21(18-10-4-2-8-16(18)19)14-20(24)22-12-5-7-15-6-1-3-9-17(15)22/h2,4,8,10-11,13,15,17H,1,3,5-7,9,12,14H2. The molecule has 4 rings (SSSR count). The second-order valence-electron chi connectivity index (χ2n) is 7.17. The number of carbonyl (C=O) groups excluding carboxylic acids is 1. The van der Waals surface area contributed by atoms with Crippen molar-refractivity contribution < 1.29 is 4.79 Å². The van der Waals surface area contributed by atoms with Gasteiger partial charge in [0.15, 0.2) is 5.43 Å². The van der Waals surface area contributed by atoms with Crippen LogP contribution in [0.1, 0.15) is 38.5 Å². The lowest BCUT2D eigenvalue weighted by Gasteiger charge is -2.44. The summed E-state index contributed by atoms with van der Waals surface area (Å²) in [5.41, 5.74) is 0.857. The van der Waals surface area contributed by atoms with E-state index in [9.17, 15) is 9.59 Å². The van der Waals surface area contributed by atoms with E-state index in [4.69, 9.17) is 0 Å². The highest BCUT2D eigenvalue weighted by Crippen LogP contribution is 2.35. The van der Waals surface area contributed by atoms with Crippen molar-refractivity contribution in [2.75, 3.05) is 6.54 Å². The van der Waals surface area contributed by atoms with E-state index in [1.165, 1.54) is 25.7 Å². The minimum absolute atomic E-state index is 0.0135. The highest BCUT2D eigenvalue weighted by Gasteiger charge is 2.35. The van der Waals surface area contributed by atoms with Gasteiger partial charge < -0.3 is 9.47 Å². The summed E-state index contributed by atoms with van der Waals surface area (Å²) >= 11 is 0. The number of benzene rings is 1. The third-order valence-corrected chi connectivity index (χ3v) is 5.75. The summed E-state index contributed by atoms with van der Waals surface area (Å²) in [5.74, 6) is 0.891. The molecule has 0 N–H and O–H groups in total. The first kappa shape index (κ1) is 15.4. The molecule has 0 spiro atoms. The van der Waals surface area contributed by atoms with Crippen LogP contribution in [0.4, 0.5) is 0 Å². The maximum Gasteiger partial charge on any atom is 0.242 e. The molecule has 126 valence electrons. The number of aromatic nitrogens is 1. The number of carbonyl (C=O) groups is 1. The zero-order chi connectivity index (χ0) is 16.5. The number of nitrogens with zero attached hydrogens (tertiary/aromatic N) is 2. The fraction of sp³-hybridized carbons (Fsp3) is 0.500. The molecular formula is C20H24N2O2. The normalized spacial score (nSPS) is 23.9. The van der Waals surface area contributed by atoms with Crippen LogP contribution in [-0.4, -0.2) is 28.0 Å². The van der Waals surface area contributed by atoms with E-state index in [1.54, 1.807) is 12.3 Å². The molecule has 0 radical (unpaired) electrons. The summed E-state index contributed by atoms with van der Waals surface area (Å²) in [6, 6.07) is 9.54. The van der Waals surface area contributed by atoms with Gasteiger partial charge in [-0.05, 0) is 43.7 Å². The maximum atomic E-state index is 13.0. The summed E-state index contributed by atoms with van der Waals surface area (Å²) < 4.78 is 1.92. The van der Waals surface area contributed by atoms with Gasteiger partial charge in [-0.2, -0.15) is 0 Å². The van der Waals surface area contributed by atoms with Gasteiger partial charge in [0.05, 0.1) is 5.52 Å². The Kier molecular flexibility index (Phi) is 4.13. The summed E-state index contributed by atoms with van der Waals surface area (Å²) in [4.78, 5) is 27.1. The van der Waals surface area contributed by atoms with Crippen molar-refractivity contribution in [3.05, 3.63) is 46.8 Å². The molecule has 2 atom stereocenters. The number of rotatable bonds is 2. The Balaban J connectivity index is 1.60. The lowest BCUT2D eigenvalue weighted by atomic mass is 9.78. The van der Waals surface area contributed by atoms with Crippen LogP contribution in [0, 0.1) is 5.92 Å². The van der Waals surface area contributed by atoms with Crippen LogP contribution >= 0.6 is 0 Å². The Hall–Kier alpha value is -2.10. The Labute approximate surface area is 142 Å². The van der Waals surface area contributed by atoms with Crippen LogP contribution in [0.5, 0.6) is 0 Å². The smallest absolute Gasteiger partial charge is 0.242 e. The molecule has 2 aliphatic rings. The molecule has 4 heteroatoms. The second-order valence-corrected chi connectivity index (χ2v) is 7.17. The van der Waals surface area contributed by atoms with Crippen molar-refractivity contribution >= 4 is 16.8 Å². The van der Waals surface area contributed by atoms with Crippen molar-refractivity contribution in [1.82, 2.24) is 9.47 Å². The first-order valence-electron chi connectivity index (χ1n) is 9.12. The van der Waals surface area contributed by atoms with Crippen LogP contribution in [0.25, 0.3) is 10.9 Å². The van der Waals surface area contributed by atoms with E-state index in [0.29, 0.717) is 23.9 Å². The summed E-state index contributed by atoms with van der Waals surface area (Å²) in [5, 5.41) is 0.682. The number of piperidine rings is 1. The molecule has 1 aromatic carbocycles. The quantitative estimate of drug-likeness (QED) is 0.851. The number of pyridine rings is 1. The SMILES string of the molecule is O=C(Cn1ccc(=O)c2ccccc21)N1CCCC2CCCCC21. The second kappa shape index (κ2) is 6.42. The number of amides is 1. The molecule has 1 saturated heterocycles. The molecule has 1 aromatic heterocycles. The van der Waals surface area contributed by atoms with Crippen molar-refractivity contribution in [3.63, 3.8) is 0 Å². The van der Waals surface area contributed by atoms with E-state index < -0.39 is 0 Å². The molecule has 4 nitrogen and oxygen atoms in total. The lowest BCUT2D eigenvalue weighted by Crippen LogP contribution is -2.50. The highest BCUT2D eigenvalue weighted by molar-refractivity contribution is 5.82. The van der Waals surface area contributed by atoms with Gasteiger partial charge >= 0.3 is 0 Å². The number of hydrogen-bond acceptors (Lipinski definition) is 2. The number of hydrogen-bond donors (Lipinski definition) is 0. The molecule has 1 aliphatic heterocycles. The zero-order valence-corrected chi connectivity index (χ0v) is 14.0. The van der Waals surface area contributed by atoms with E-state index in [2.05, 4.69) is 4.90 Å². The highest BCUT2D eigenvalue weighted by atomic mass is 16.2. The summed E-state index contributed by atoms with van der Waals surface area (Å²) in [7, 11) is 0. The van der Waals surface area contributed by atoms with Gasteiger partial charge in [0.25, 0.3) is 0 Å². The first-order valence-corrected chi connectivity index (χ1v) is 9.12. The maximum absolute atomic E-state index is 13.0. The minimum atomic E-state index is 0.0135. The molecule has 0 bridgehead atoms. The first-order chi connectivity index (χ1) is 11.7. The van der Waals surface area contributed by atoms with E-state index in [-0.39, 0.29) is 11.3 Å². The van der Waals surface area contributed by atoms with E-state index in [0.717, 1.165) is 24.9 Å². The average molecular weight is 324 g/mol. The molecule has 2 unspecified atom stereocenters. The molecule has 2 aromatic rings. The Morgan fingerprint density at radius 1 is 1.04 bits per heavy atom. The van der Waals surface area contributed by atoms with Crippen LogP contribution in [0.15, 0.2) is 41.3 Å². The van der Waals surface area contributed by atoms with Gasteiger partial charge in [-0.1, -0.05) is 25.0 Å². The van der Waals surface area contributed by atoms with Gasteiger partial charge in [-0.15, -0.1) is 0 Å². The number of para-hydroxylation sites is 1. The van der Waals surface area contributed by atoms with Crippen LogP contribution in [0.3, 0.4) is 0 Å². The topological polar surface area (TPSA) is 42.3 Å². The Morgan fingerprint density at radius 3 is 2.75 bits per heavy atom. The van der Waals surface area contributed by atoms with Crippen molar-refractivity contribution in [2.24, 2.45) is 5.92 Å². The third kappa shape index (κ3) is 2.74. The summed E-state index contributed by atoms with van der Waals surface area (Å²) in [6.07, 6.45) is 9.13. The van der Waals surface area contributed by atoms with Gasteiger partial charge in [-0.25, -0.2) is 0 Å². The molecule has 1 amide bonds. The van der Waals surface area contributed by atoms with Crippen LogP contribution in [-0.2, 0) is 11.3 Å². The van der Waals surface area contributed by atoms with Gasteiger partial charge in [0.2, 0.25) is 5.91 Å². The third-order valence-electron chi connectivity index (χ3n) is 5.75. The van der Waals surface area contributed by atoms with Gasteiger partial charge in [0.1, 0.15) is 6.54 Å². The molecule has 24 heavy (non-hydrogen) atoms. The lowest BCUT2D eigenvalue weighted by molar-refractivity contribution is -0.138. The van der Waals surface area contributed by atoms with Crippen LogP contribution < -0.4 is 5.43 Å². The largest absolute Gasteiger partial charge is 0.338 e. The predicted molar refractivity (Wildman–Crippen MR) is 94.9 cm³/mol. The average Bonchev–Trinajstić information content (AvgIpc) is 2.64. The fourth-order valence-electron chi connectivity index (χ4n) is 4.57. The van der Waals surface area contributed by atoms with E-state index in [1.807, 2.05) is 28.8 Å².